The van der Waals surface area contributed by atoms with Crippen molar-refractivity contribution in [3.8, 4) is 0 Å². The van der Waals surface area contributed by atoms with E-state index < -0.39 is 11.5 Å². The molecule has 1 saturated heterocycles. The number of rotatable bonds is 7. The number of anilines is 1. The Balaban J connectivity index is 1.12. The SMILES string of the molecule is NC(=O)c1ccc2c(c1)COC2(CCCN1CCC(c2ccc3c(c2)NC(=O)CC3)CC1)c1ccc(F)cc1. The van der Waals surface area contributed by atoms with Gasteiger partial charge in [-0.15, -0.1) is 0 Å². The van der Waals surface area contributed by atoms with Gasteiger partial charge in [-0.25, -0.2) is 4.39 Å². The molecule has 1 atom stereocenters. The number of likely N-dealkylation sites (tertiary alicyclic amines) is 1. The van der Waals surface area contributed by atoms with Crippen LogP contribution in [0.2, 0.25) is 0 Å². The largest absolute Gasteiger partial charge is 0.366 e. The van der Waals surface area contributed by atoms with Gasteiger partial charge < -0.3 is 20.7 Å². The van der Waals surface area contributed by atoms with Crippen molar-refractivity contribution >= 4 is 17.5 Å². The number of hydrogen-bond acceptors (Lipinski definition) is 4. The Morgan fingerprint density at radius 2 is 1.82 bits per heavy atom. The molecule has 1 fully saturated rings. The quantitative estimate of drug-likeness (QED) is 0.440. The van der Waals surface area contributed by atoms with E-state index in [1.807, 2.05) is 12.1 Å². The topological polar surface area (TPSA) is 84.7 Å². The molecule has 3 aliphatic rings. The molecule has 0 aliphatic carbocycles. The van der Waals surface area contributed by atoms with Crippen LogP contribution in [-0.4, -0.2) is 36.3 Å². The van der Waals surface area contributed by atoms with Gasteiger partial charge >= 0.3 is 0 Å². The van der Waals surface area contributed by atoms with Gasteiger partial charge in [0.2, 0.25) is 11.8 Å². The van der Waals surface area contributed by atoms with Crippen molar-refractivity contribution in [1.29, 1.82) is 0 Å². The number of aryl methyl sites for hydroxylation is 1. The zero-order valence-electron chi connectivity index (χ0n) is 22.0. The van der Waals surface area contributed by atoms with E-state index in [1.165, 1.54) is 23.3 Å². The Morgan fingerprint density at radius 3 is 2.59 bits per heavy atom. The van der Waals surface area contributed by atoms with Gasteiger partial charge in [0.25, 0.3) is 0 Å². The number of fused-ring (bicyclic) bond motifs is 2. The minimum Gasteiger partial charge on any atom is -0.366 e. The summed E-state index contributed by atoms with van der Waals surface area (Å²) in [5, 5.41) is 3.03. The Labute approximate surface area is 228 Å². The van der Waals surface area contributed by atoms with Gasteiger partial charge in [0.05, 0.1) is 6.61 Å². The lowest BCUT2D eigenvalue weighted by atomic mass is 9.81. The molecule has 3 aromatic rings. The maximum absolute atomic E-state index is 13.8. The van der Waals surface area contributed by atoms with Crippen LogP contribution in [0.1, 0.15) is 76.2 Å². The van der Waals surface area contributed by atoms with Gasteiger partial charge in [-0.1, -0.05) is 30.3 Å². The van der Waals surface area contributed by atoms with E-state index in [0.717, 1.165) is 74.1 Å². The maximum atomic E-state index is 13.8. The first-order chi connectivity index (χ1) is 18.9. The van der Waals surface area contributed by atoms with Gasteiger partial charge in [-0.3, -0.25) is 9.59 Å². The summed E-state index contributed by atoms with van der Waals surface area (Å²) in [6.45, 7) is 3.39. The van der Waals surface area contributed by atoms with Crippen molar-refractivity contribution in [1.82, 2.24) is 4.90 Å². The molecule has 2 amide bonds. The molecule has 3 aliphatic heterocycles. The molecule has 7 heteroatoms. The number of ether oxygens (including phenoxy) is 1. The summed E-state index contributed by atoms with van der Waals surface area (Å²) in [5.74, 6) is -0.128. The third-order valence-corrected chi connectivity index (χ3v) is 8.70. The first-order valence-corrected chi connectivity index (χ1v) is 13.9. The van der Waals surface area contributed by atoms with Crippen LogP contribution in [0.15, 0.2) is 60.7 Å². The van der Waals surface area contributed by atoms with Crippen LogP contribution in [0.4, 0.5) is 10.1 Å². The molecule has 0 spiro atoms. The fraction of sp³-hybridized carbons (Fsp3) is 0.375. The maximum Gasteiger partial charge on any atom is 0.248 e. The molecule has 6 rings (SSSR count). The Hall–Kier alpha value is -3.55. The lowest BCUT2D eigenvalue weighted by Gasteiger charge is -2.35. The molecule has 6 nitrogen and oxygen atoms in total. The van der Waals surface area contributed by atoms with E-state index in [9.17, 15) is 14.0 Å². The van der Waals surface area contributed by atoms with Gasteiger partial charge in [0.1, 0.15) is 11.4 Å². The van der Waals surface area contributed by atoms with Gasteiger partial charge in [0.15, 0.2) is 0 Å². The third kappa shape index (κ3) is 5.09. The van der Waals surface area contributed by atoms with Crippen LogP contribution < -0.4 is 11.1 Å². The summed E-state index contributed by atoms with van der Waals surface area (Å²) in [4.78, 5) is 26.1. The predicted octanol–water partition coefficient (Wildman–Crippen LogP) is 5.24. The number of nitrogens with zero attached hydrogens (tertiary/aromatic N) is 1. The van der Waals surface area contributed by atoms with Crippen molar-refractivity contribution in [2.24, 2.45) is 5.73 Å². The van der Waals surface area contributed by atoms with Crippen LogP contribution >= 0.6 is 0 Å². The molecule has 3 aromatic carbocycles. The molecule has 0 aromatic heterocycles. The van der Waals surface area contributed by atoms with E-state index in [2.05, 4.69) is 28.4 Å². The van der Waals surface area contributed by atoms with E-state index in [0.29, 0.717) is 24.5 Å². The molecular formula is C32H34FN3O3. The van der Waals surface area contributed by atoms with Crippen LogP contribution in [-0.2, 0) is 28.2 Å². The summed E-state index contributed by atoms with van der Waals surface area (Å²) >= 11 is 0. The lowest BCUT2D eigenvalue weighted by Crippen LogP contribution is -2.35. The van der Waals surface area contributed by atoms with Crippen LogP contribution in [0.5, 0.6) is 0 Å². The van der Waals surface area contributed by atoms with Crippen molar-refractivity contribution in [3.05, 3.63) is 99.9 Å². The highest BCUT2D eigenvalue weighted by atomic mass is 19.1. The number of nitrogens with one attached hydrogen (secondary N) is 1. The Bertz CT molecular complexity index is 1400. The number of halogens is 1. The summed E-state index contributed by atoms with van der Waals surface area (Å²) in [6, 6.07) is 18.7. The molecule has 39 heavy (non-hydrogen) atoms. The second-order valence-corrected chi connectivity index (χ2v) is 11.0. The first-order valence-electron chi connectivity index (χ1n) is 13.9. The number of primary amides is 1. The second kappa shape index (κ2) is 10.5. The molecule has 202 valence electrons. The molecule has 0 radical (unpaired) electrons. The molecule has 0 bridgehead atoms. The van der Waals surface area contributed by atoms with Crippen LogP contribution in [0, 0.1) is 5.82 Å². The highest BCUT2D eigenvalue weighted by Gasteiger charge is 2.41. The van der Waals surface area contributed by atoms with E-state index in [-0.39, 0.29) is 11.7 Å². The lowest BCUT2D eigenvalue weighted by molar-refractivity contribution is -0.116. The van der Waals surface area contributed by atoms with Crippen LogP contribution in [0.3, 0.4) is 0 Å². The average molecular weight is 528 g/mol. The van der Waals surface area contributed by atoms with Gasteiger partial charge in [0, 0.05) is 17.7 Å². The average Bonchev–Trinajstić information content (AvgIpc) is 3.32. The van der Waals surface area contributed by atoms with Gasteiger partial charge in [-0.2, -0.15) is 0 Å². The molecular weight excluding hydrogens is 493 g/mol. The van der Waals surface area contributed by atoms with Gasteiger partial charge in [-0.05, 0) is 116 Å². The Kier molecular flexibility index (Phi) is 6.95. The van der Waals surface area contributed by atoms with Crippen molar-refractivity contribution < 1.29 is 18.7 Å². The van der Waals surface area contributed by atoms with Crippen LogP contribution in [0.25, 0.3) is 0 Å². The number of carbonyl (C=O) groups excluding carboxylic acids is 2. The number of benzene rings is 3. The Morgan fingerprint density at radius 1 is 1.03 bits per heavy atom. The summed E-state index contributed by atoms with van der Waals surface area (Å²) in [7, 11) is 0. The van der Waals surface area contributed by atoms with Crippen molar-refractivity contribution in [2.45, 2.75) is 56.7 Å². The highest BCUT2D eigenvalue weighted by Crippen LogP contribution is 2.46. The standard InChI is InChI=1S/C32H34FN3O3/c33-27-8-6-26(7-9-27)32(28-10-4-24(31(34)38)18-25(28)20-39-32)14-1-15-36-16-12-21(13-17-36)23-3-2-22-5-11-30(37)35-29(22)19-23/h2-4,6-10,18-19,21H,1,5,11-17,20H2,(H2,34,38)(H,35,37). The second-order valence-electron chi connectivity index (χ2n) is 11.0. The minimum atomic E-state index is -0.675. The summed E-state index contributed by atoms with van der Waals surface area (Å²) < 4.78 is 20.2. The minimum absolute atomic E-state index is 0.107. The van der Waals surface area contributed by atoms with Crippen molar-refractivity contribution in [3.63, 3.8) is 0 Å². The monoisotopic (exact) mass is 527 g/mol. The molecule has 1 unspecified atom stereocenters. The molecule has 0 saturated carbocycles. The molecule has 3 heterocycles. The van der Waals surface area contributed by atoms with E-state index in [1.54, 1.807) is 18.2 Å². The number of amides is 2. The normalized spacial score (nSPS) is 21.3. The zero-order valence-corrected chi connectivity index (χ0v) is 22.0. The van der Waals surface area contributed by atoms with E-state index in [4.69, 9.17) is 10.5 Å². The molecule has 3 N–H and O–H groups in total. The van der Waals surface area contributed by atoms with E-state index >= 15 is 0 Å². The fourth-order valence-corrected chi connectivity index (χ4v) is 6.53. The number of nitrogens with two attached hydrogens (primary N) is 1. The third-order valence-electron chi connectivity index (χ3n) is 8.70. The predicted molar refractivity (Wildman–Crippen MR) is 148 cm³/mol. The van der Waals surface area contributed by atoms with Crippen molar-refractivity contribution in [2.75, 3.05) is 25.0 Å². The number of piperidine rings is 1. The number of hydrogen-bond donors (Lipinski definition) is 2. The first kappa shape index (κ1) is 25.7. The summed E-state index contributed by atoms with van der Waals surface area (Å²) in [5.41, 5.74) is 11.7. The smallest absolute Gasteiger partial charge is 0.248 e. The fourth-order valence-electron chi connectivity index (χ4n) is 6.53. The summed E-state index contributed by atoms with van der Waals surface area (Å²) in [6.07, 6.45) is 5.24. The zero-order chi connectivity index (χ0) is 27.0. The highest BCUT2D eigenvalue weighted by molar-refractivity contribution is 5.94. The number of carbonyl (C=O) groups is 2.